The van der Waals surface area contributed by atoms with Crippen LogP contribution in [0.25, 0.3) is 11.0 Å². The van der Waals surface area contributed by atoms with Crippen LogP contribution in [0.2, 0.25) is 0 Å². The number of thioether (sulfide) groups is 1. The van der Waals surface area contributed by atoms with Gasteiger partial charge in [0.15, 0.2) is 10.8 Å². The van der Waals surface area contributed by atoms with E-state index in [-0.39, 0.29) is 5.56 Å². The number of amides is 1. The summed E-state index contributed by atoms with van der Waals surface area (Å²) in [6.07, 6.45) is 5.18. The number of anilines is 1. The predicted octanol–water partition coefficient (Wildman–Crippen LogP) is 3.50. The monoisotopic (exact) mass is 428 g/mol. The van der Waals surface area contributed by atoms with Crippen molar-refractivity contribution < 1.29 is 9.18 Å². The molecule has 1 saturated heterocycles. The van der Waals surface area contributed by atoms with Gasteiger partial charge in [0.25, 0.3) is 5.91 Å². The molecular weight excluding hydrogens is 403 g/mol. The predicted molar refractivity (Wildman–Crippen MR) is 117 cm³/mol. The highest BCUT2D eigenvalue weighted by Gasteiger charge is 2.21. The summed E-state index contributed by atoms with van der Waals surface area (Å²) in [6, 6.07) is 5.96. The topological polar surface area (TPSA) is 75.9 Å². The Bertz CT molecular complexity index is 1030. The molecule has 4 rings (SSSR count). The Balaban J connectivity index is 1.53. The molecule has 1 aromatic carbocycles. The molecule has 0 atom stereocenters. The third-order valence-electron chi connectivity index (χ3n) is 5.02. The number of rotatable bonds is 8. The maximum absolute atomic E-state index is 13.8. The van der Waals surface area contributed by atoms with Gasteiger partial charge in [-0.15, -0.1) is 0 Å². The summed E-state index contributed by atoms with van der Waals surface area (Å²) in [5.41, 5.74) is 0.811. The van der Waals surface area contributed by atoms with Crippen LogP contribution >= 0.6 is 11.8 Å². The second-order valence-corrected chi connectivity index (χ2v) is 8.28. The normalized spacial score (nSPS) is 13.9. The van der Waals surface area contributed by atoms with Crippen LogP contribution in [0.1, 0.15) is 36.5 Å². The Morgan fingerprint density at radius 3 is 2.80 bits per heavy atom. The molecule has 3 heterocycles. The summed E-state index contributed by atoms with van der Waals surface area (Å²) in [4.78, 5) is 24.1. The van der Waals surface area contributed by atoms with Crippen molar-refractivity contribution in [2.24, 2.45) is 0 Å². The zero-order valence-electron chi connectivity index (χ0n) is 17.0. The zero-order chi connectivity index (χ0) is 20.9. The number of hydrogen-bond acceptors (Lipinski definition) is 6. The van der Waals surface area contributed by atoms with Gasteiger partial charge in [0, 0.05) is 25.4 Å². The van der Waals surface area contributed by atoms with Gasteiger partial charge >= 0.3 is 0 Å². The maximum Gasteiger partial charge on any atom is 0.254 e. The van der Waals surface area contributed by atoms with Gasteiger partial charge in [0.05, 0.1) is 23.7 Å². The molecule has 7 nitrogen and oxygen atoms in total. The van der Waals surface area contributed by atoms with E-state index in [2.05, 4.69) is 22.2 Å². The minimum absolute atomic E-state index is 0.0414. The molecule has 1 aliphatic heterocycles. The quantitative estimate of drug-likeness (QED) is 0.437. The molecule has 158 valence electrons. The molecule has 3 aromatic rings. The molecular formula is C21H25FN6OS. The van der Waals surface area contributed by atoms with Crippen LogP contribution in [-0.2, 0) is 6.54 Å². The van der Waals surface area contributed by atoms with Crippen LogP contribution in [0.5, 0.6) is 0 Å². The lowest BCUT2D eigenvalue weighted by Crippen LogP contribution is -2.28. The molecule has 0 aliphatic carbocycles. The average molecular weight is 429 g/mol. The van der Waals surface area contributed by atoms with Crippen molar-refractivity contribution in [2.45, 2.75) is 37.9 Å². The lowest BCUT2D eigenvalue weighted by atomic mass is 10.2. The van der Waals surface area contributed by atoms with Gasteiger partial charge in [-0.3, -0.25) is 4.79 Å². The maximum atomic E-state index is 13.8. The fourth-order valence-electron chi connectivity index (χ4n) is 3.53. The van der Waals surface area contributed by atoms with Crippen molar-refractivity contribution in [1.82, 2.24) is 25.1 Å². The lowest BCUT2D eigenvalue weighted by molar-refractivity contribution is 0.0948. The van der Waals surface area contributed by atoms with E-state index in [0.29, 0.717) is 13.1 Å². The largest absolute Gasteiger partial charge is 0.356 e. The SMILES string of the molecule is CCCSc1nc(N2CCCC2)c2cnn(CCNC(=O)c3ccccc3F)c2n1. The van der Waals surface area contributed by atoms with Crippen molar-refractivity contribution in [3.8, 4) is 0 Å². The number of benzene rings is 1. The molecule has 30 heavy (non-hydrogen) atoms. The van der Waals surface area contributed by atoms with Crippen LogP contribution in [0, 0.1) is 5.82 Å². The summed E-state index contributed by atoms with van der Waals surface area (Å²) in [7, 11) is 0. The minimum atomic E-state index is -0.528. The molecule has 0 spiro atoms. The molecule has 1 amide bonds. The Morgan fingerprint density at radius 1 is 1.23 bits per heavy atom. The summed E-state index contributed by atoms with van der Waals surface area (Å²) >= 11 is 1.65. The standard InChI is InChI=1S/C21H25FN6OS/c1-2-13-30-21-25-18(27-10-5-6-11-27)16-14-24-28(19(16)26-21)12-9-23-20(29)15-7-3-4-8-17(15)22/h3-4,7-8,14H,2,5-6,9-13H2,1H3,(H,23,29). The average Bonchev–Trinajstić information content (AvgIpc) is 3.42. The number of halogens is 1. The van der Waals surface area contributed by atoms with Crippen LogP contribution in [0.15, 0.2) is 35.6 Å². The van der Waals surface area contributed by atoms with Gasteiger partial charge in [-0.2, -0.15) is 5.10 Å². The highest BCUT2D eigenvalue weighted by molar-refractivity contribution is 7.99. The fourth-order valence-corrected chi connectivity index (χ4v) is 4.22. The van der Waals surface area contributed by atoms with Gasteiger partial charge < -0.3 is 10.2 Å². The zero-order valence-corrected chi connectivity index (χ0v) is 17.8. The van der Waals surface area contributed by atoms with E-state index in [0.717, 1.165) is 47.3 Å². The van der Waals surface area contributed by atoms with Gasteiger partial charge in [-0.1, -0.05) is 30.8 Å². The molecule has 0 saturated carbocycles. The van der Waals surface area contributed by atoms with Gasteiger partial charge in [0.1, 0.15) is 11.6 Å². The van der Waals surface area contributed by atoms with E-state index in [1.54, 1.807) is 34.8 Å². The van der Waals surface area contributed by atoms with Gasteiger partial charge in [-0.25, -0.2) is 19.0 Å². The highest BCUT2D eigenvalue weighted by atomic mass is 32.2. The van der Waals surface area contributed by atoms with E-state index < -0.39 is 11.7 Å². The second kappa shape index (κ2) is 9.42. The molecule has 0 unspecified atom stereocenters. The first-order chi connectivity index (χ1) is 14.7. The number of hydrogen-bond donors (Lipinski definition) is 1. The number of fused-ring (bicyclic) bond motifs is 1. The van der Waals surface area contributed by atoms with Crippen molar-refractivity contribution in [2.75, 3.05) is 30.3 Å². The molecule has 2 aromatic heterocycles. The van der Waals surface area contributed by atoms with Crippen molar-refractivity contribution >= 4 is 34.5 Å². The summed E-state index contributed by atoms with van der Waals surface area (Å²) in [5.74, 6) is 0.937. The van der Waals surface area contributed by atoms with Crippen molar-refractivity contribution in [3.63, 3.8) is 0 Å². The molecule has 0 radical (unpaired) electrons. The number of carbonyl (C=O) groups is 1. The number of aromatic nitrogens is 4. The third kappa shape index (κ3) is 4.40. The minimum Gasteiger partial charge on any atom is -0.356 e. The second-order valence-electron chi connectivity index (χ2n) is 7.21. The smallest absolute Gasteiger partial charge is 0.254 e. The molecule has 0 bridgehead atoms. The van der Waals surface area contributed by atoms with Crippen molar-refractivity contribution in [1.29, 1.82) is 0 Å². The first-order valence-electron chi connectivity index (χ1n) is 10.3. The summed E-state index contributed by atoms with van der Waals surface area (Å²) in [6.45, 7) is 4.89. The van der Waals surface area contributed by atoms with Crippen molar-refractivity contribution in [3.05, 3.63) is 41.8 Å². The Morgan fingerprint density at radius 2 is 2.03 bits per heavy atom. The fraction of sp³-hybridized carbons (Fsp3) is 0.429. The van der Waals surface area contributed by atoms with Crippen LogP contribution < -0.4 is 10.2 Å². The van der Waals surface area contributed by atoms with Crippen LogP contribution in [-0.4, -0.2) is 51.0 Å². The van der Waals surface area contributed by atoms with Crippen LogP contribution in [0.3, 0.4) is 0 Å². The van der Waals surface area contributed by atoms with E-state index in [9.17, 15) is 9.18 Å². The lowest BCUT2D eigenvalue weighted by Gasteiger charge is -2.18. The van der Waals surface area contributed by atoms with E-state index in [1.807, 2.05) is 0 Å². The molecule has 1 fully saturated rings. The number of nitrogens with zero attached hydrogens (tertiary/aromatic N) is 5. The molecule has 1 aliphatic rings. The van der Waals surface area contributed by atoms with E-state index in [1.165, 1.54) is 25.0 Å². The van der Waals surface area contributed by atoms with Gasteiger partial charge in [-0.05, 0) is 31.4 Å². The van der Waals surface area contributed by atoms with E-state index >= 15 is 0 Å². The summed E-state index contributed by atoms with van der Waals surface area (Å²) in [5, 5.41) is 8.93. The van der Waals surface area contributed by atoms with Gasteiger partial charge in [0.2, 0.25) is 0 Å². The summed E-state index contributed by atoms with van der Waals surface area (Å²) < 4.78 is 15.6. The molecule has 1 N–H and O–H groups in total. The number of carbonyl (C=O) groups excluding carboxylic acids is 1. The Labute approximate surface area is 179 Å². The first kappa shape index (κ1) is 20.6. The number of nitrogens with one attached hydrogen (secondary N) is 1. The Hall–Kier alpha value is -2.68. The van der Waals surface area contributed by atoms with Crippen LogP contribution in [0.4, 0.5) is 10.2 Å². The molecule has 9 heteroatoms. The van der Waals surface area contributed by atoms with E-state index in [4.69, 9.17) is 9.97 Å². The first-order valence-corrected chi connectivity index (χ1v) is 11.3. The third-order valence-corrected chi connectivity index (χ3v) is 6.08. The highest BCUT2D eigenvalue weighted by Crippen LogP contribution is 2.29. The Kier molecular flexibility index (Phi) is 6.47.